The average Bonchev–Trinajstić information content (AvgIpc) is 2.40. The molecule has 1 fully saturated rings. The SMILES string of the molecule is NC1CCCCC1NS(=O)(=O)c1ccc(C(=O)O)cc1Br. The zero-order valence-corrected chi connectivity index (χ0v) is 13.7. The molecule has 2 unspecified atom stereocenters. The van der Waals surface area contributed by atoms with Gasteiger partial charge in [-0.1, -0.05) is 12.8 Å². The summed E-state index contributed by atoms with van der Waals surface area (Å²) in [5.74, 6) is -1.11. The van der Waals surface area contributed by atoms with Crippen LogP contribution in [0.3, 0.4) is 0 Å². The molecular weight excluding hydrogens is 360 g/mol. The Balaban J connectivity index is 2.25. The van der Waals surface area contributed by atoms with Crippen molar-refractivity contribution in [1.82, 2.24) is 4.72 Å². The lowest BCUT2D eigenvalue weighted by molar-refractivity contribution is 0.0696. The fourth-order valence-corrected chi connectivity index (χ4v) is 4.82. The van der Waals surface area contributed by atoms with E-state index in [9.17, 15) is 13.2 Å². The molecule has 0 saturated heterocycles. The Hall–Kier alpha value is -0.960. The Morgan fingerprint density at radius 2 is 2.00 bits per heavy atom. The minimum atomic E-state index is -3.74. The summed E-state index contributed by atoms with van der Waals surface area (Å²) in [5.41, 5.74) is 5.97. The lowest BCUT2D eigenvalue weighted by atomic mass is 9.92. The summed E-state index contributed by atoms with van der Waals surface area (Å²) in [6.07, 6.45) is 3.47. The average molecular weight is 377 g/mol. The van der Waals surface area contributed by atoms with Gasteiger partial charge in [-0.25, -0.2) is 17.9 Å². The number of sulfonamides is 1. The molecule has 21 heavy (non-hydrogen) atoms. The van der Waals surface area contributed by atoms with Crippen LogP contribution in [0, 0.1) is 0 Å². The van der Waals surface area contributed by atoms with Crippen molar-refractivity contribution in [2.24, 2.45) is 5.73 Å². The van der Waals surface area contributed by atoms with Crippen LogP contribution >= 0.6 is 15.9 Å². The third-order valence-corrected chi connectivity index (χ3v) is 6.06. The fraction of sp³-hybridized carbons (Fsp3) is 0.462. The normalized spacial score (nSPS) is 23.0. The second kappa shape index (κ2) is 6.43. The minimum Gasteiger partial charge on any atom is -0.478 e. The van der Waals surface area contributed by atoms with Crippen molar-refractivity contribution in [3.8, 4) is 0 Å². The fourth-order valence-electron chi connectivity index (χ4n) is 2.42. The molecule has 0 aliphatic heterocycles. The van der Waals surface area contributed by atoms with Crippen molar-refractivity contribution in [2.75, 3.05) is 0 Å². The summed E-state index contributed by atoms with van der Waals surface area (Å²) in [4.78, 5) is 10.9. The molecule has 6 nitrogen and oxygen atoms in total. The first kappa shape index (κ1) is 16.4. The highest BCUT2D eigenvalue weighted by atomic mass is 79.9. The lowest BCUT2D eigenvalue weighted by Gasteiger charge is -2.29. The second-order valence-electron chi connectivity index (χ2n) is 5.13. The van der Waals surface area contributed by atoms with Gasteiger partial charge in [0.05, 0.1) is 10.5 Å². The molecule has 1 aliphatic carbocycles. The van der Waals surface area contributed by atoms with Crippen LogP contribution in [0.2, 0.25) is 0 Å². The number of nitrogens with two attached hydrogens (primary N) is 1. The molecule has 0 bridgehead atoms. The highest BCUT2D eigenvalue weighted by molar-refractivity contribution is 9.10. The minimum absolute atomic E-state index is 0.0188. The van der Waals surface area contributed by atoms with Crippen LogP contribution in [-0.4, -0.2) is 31.6 Å². The van der Waals surface area contributed by atoms with E-state index in [1.54, 1.807) is 0 Å². The summed E-state index contributed by atoms with van der Waals surface area (Å²) in [6, 6.07) is 3.35. The molecule has 0 amide bonds. The van der Waals surface area contributed by atoms with Crippen molar-refractivity contribution in [2.45, 2.75) is 42.7 Å². The number of rotatable bonds is 4. The number of halogens is 1. The number of hydrogen-bond donors (Lipinski definition) is 3. The van der Waals surface area contributed by atoms with E-state index < -0.39 is 16.0 Å². The van der Waals surface area contributed by atoms with Crippen LogP contribution in [0.15, 0.2) is 27.6 Å². The van der Waals surface area contributed by atoms with Crippen LogP contribution < -0.4 is 10.5 Å². The predicted molar refractivity (Wildman–Crippen MR) is 81.7 cm³/mol. The topological polar surface area (TPSA) is 109 Å². The molecule has 1 aromatic rings. The van der Waals surface area contributed by atoms with Crippen molar-refractivity contribution in [3.05, 3.63) is 28.2 Å². The second-order valence-corrected chi connectivity index (χ2v) is 7.66. The Morgan fingerprint density at radius 1 is 1.33 bits per heavy atom. The van der Waals surface area contributed by atoms with E-state index in [4.69, 9.17) is 10.8 Å². The smallest absolute Gasteiger partial charge is 0.335 e. The Morgan fingerprint density at radius 3 is 2.57 bits per heavy atom. The summed E-state index contributed by atoms with van der Waals surface area (Å²) >= 11 is 3.12. The highest BCUT2D eigenvalue weighted by Crippen LogP contribution is 2.25. The van der Waals surface area contributed by atoms with Gasteiger partial charge in [0.15, 0.2) is 0 Å². The summed E-state index contributed by atoms with van der Waals surface area (Å²) in [5, 5.41) is 8.90. The number of carboxylic acids is 1. The van der Waals surface area contributed by atoms with Gasteiger partial charge in [-0.3, -0.25) is 0 Å². The van der Waals surface area contributed by atoms with Crippen LogP contribution in [0.5, 0.6) is 0 Å². The van der Waals surface area contributed by atoms with E-state index in [2.05, 4.69) is 20.7 Å². The monoisotopic (exact) mass is 376 g/mol. The Bertz CT molecular complexity index is 648. The van der Waals surface area contributed by atoms with Crippen molar-refractivity contribution < 1.29 is 18.3 Å². The quantitative estimate of drug-likeness (QED) is 0.740. The maximum Gasteiger partial charge on any atom is 0.335 e. The van der Waals surface area contributed by atoms with Crippen LogP contribution in [-0.2, 0) is 10.0 Å². The lowest BCUT2D eigenvalue weighted by Crippen LogP contribution is -2.49. The summed E-state index contributed by atoms with van der Waals surface area (Å²) < 4.78 is 27.6. The predicted octanol–water partition coefficient (Wildman–Crippen LogP) is 1.70. The Kier molecular flexibility index (Phi) is 5.03. The van der Waals surface area contributed by atoms with Gasteiger partial charge >= 0.3 is 5.97 Å². The van der Waals surface area contributed by atoms with Gasteiger partial charge in [-0.2, -0.15) is 0 Å². The summed E-state index contributed by atoms with van der Waals surface area (Å²) in [7, 11) is -3.74. The van der Waals surface area contributed by atoms with Crippen LogP contribution in [0.4, 0.5) is 0 Å². The highest BCUT2D eigenvalue weighted by Gasteiger charge is 2.28. The molecule has 8 heteroatoms. The Labute approximate surface area is 131 Å². The number of carboxylic acid groups (broad SMARTS) is 1. The molecule has 0 aromatic heterocycles. The van der Waals surface area contributed by atoms with E-state index >= 15 is 0 Å². The van der Waals surface area contributed by atoms with Gasteiger partial charge in [0, 0.05) is 16.6 Å². The van der Waals surface area contributed by atoms with Gasteiger partial charge in [-0.15, -0.1) is 0 Å². The maximum absolute atomic E-state index is 12.4. The zero-order chi connectivity index (χ0) is 15.6. The molecule has 0 radical (unpaired) electrons. The first-order valence-corrected chi connectivity index (χ1v) is 8.89. The first-order chi connectivity index (χ1) is 9.81. The summed E-state index contributed by atoms with van der Waals surface area (Å²) in [6.45, 7) is 0. The molecule has 2 atom stereocenters. The molecule has 4 N–H and O–H groups in total. The van der Waals surface area contributed by atoms with Gasteiger partial charge in [0.2, 0.25) is 10.0 Å². The molecule has 1 saturated carbocycles. The van der Waals surface area contributed by atoms with Crippen LogP contribution in [0.25, 0.3) is 0 Å². The molecule has 1 aromatic carbocycles. The van der Waals surface area contributed by atoms with Crippen molar-refractivity contribution in [3.63, 3.8) is 0 Å². The number of hydrogen-bond acceptors (Lipinski definition) is 4. The largest absolute Gasteiger partial charge is 0.478 e. The standard InChI is InChI=1S/C13H17BrN2O4S/c14-9-7-8(13(17)18)5-6-12(9)21(19,20)16-11-4-2-1-3-10(11)15/h5-7,10-11,16H,1-4,15H2,(H,17,18). The first-order valence-electron chi connectivity index (χ1n) is 6.62. The van der Waals surface area contributed by atoms with E-state index in [0.717, 1.165) is 19.3 Å². The van der Waals surface area contributed by atoms with Crippen LogP contribution in [0.1, 0.15) is 36.0 Å². The number of nitrogens with one attached hydrogen (secondary N) is 1. The molecule has 1 aliphatic rings. The molecule has 0 spiro atoms. The third kappa shape index (κ3) is 3.82. The molecule has 0 heterocycles. The molecule has 2 rings (SSSR count). The van der Waals surface area contributed by atoms with Crippen molar-refractivity contribution in [1.29, 1.82) is 0 Å². The number of carbonyl (C=O) groups is 1. The van der Waals surface area contributed by atoms with Gasteiger partial charge in [0.1, 0.15) is 0 Å². The zero-order valence-electron chi connectivity index (χ0n) is 11.3. The van der Waals surface area contributed by atoms with E-state index in [0.29, 0.717) is 6.42 Å². The van der Waals surface area contributed by atoms with Gasteiger partial charge in [0.25, 0.3) is 0 Å². The maximum atomic E-state index is 12.4. The molecular formula is C13H17BrN2O4S. The van der Waals surface area contributed by atoms with Gasteiger partial charge in [-0.05, 0) is 47.0 Å². The number of benzene rings is 1. The molecule has 116 valence electrons. The van der Waals surface area contributed by atoms with E-state index in [1.807, 2.05) is 0 Å². The third-order valence-electron chi connectivity index (χ3n) is 3.59. The number of aromatic carboxylic acids is 1. The van der Waals surface area contributed by atoms with Gasteiger partial charge < -0.3 is 10.8 Å². The van der Waals surface area contributed by atoms with E-state index in [-0.39, 0.29) is 27.0 Å². The van der Waals surface area contributed by atoms with Crippen molar-refractivity contribution >= 4 is 31.9 Å². The van der Waals surface area contributed by atoms with E-state index in [1.165, 1.54) is 18.2 Å².